The fourth-order valence-electron chi connectivity index (χ4n) is 3.33. The molecule has 4 rings (SSSR count). The van der Waals surface area contributed by atoms with E-state index in [1.807, 2.05) is 41.3 Å². The predicted molar refractivity (Wildman–Crippen MR) is 122 cm³/mol. The zero-order chi connectivity index (χ0) is 22.2. The number of hydrogen-bond donors (Lipinski definition) is 1. The van der Waals surface area contributed by atoms with Gasteiger partial charge in [-0.2, -0.15) is 0 Å². The van der Waals surface area contributed by atoms with Crippen LogP contribution in [-0.2, 0) is 16.1 Å². The molecule has 0 radical (unpaired) electrons. The van der Waals surface area contributed by atoms with Gasteiger partial charge in [0.25, 0.3) is 0 Å². The third-order valence-corrected chi connectivity index (χ3v) is 5.00. The second kappa shape index (κ2) is 10.5. The fourth-order valence-corrected chi connectivity index (χ4v) is 3.33. The number of carbonyl (C=O) groups is 1. The van der Waals surface area contributed by atoms with Crippen molar-refractivity contribution in [3.63, 3.8) is 0 Å². The van der Waals surface area contributed by atoms with Gasteiger partial charge in [-0.05, 0) is 48.0 Å². The predicted octanol–water partition coefficient (Wildman–Crippen LogP) is 4.29. The first-order valence-electron chi connectivity index (χ1n) is 10.4. The molecule has 0 bridgehead atoms. The van der Waals surface area contributed by atoms with Crippen LogP contribution in [0.3, 0.4) is 0 Å². The lowest BCUT2D eigenvalue weighted by Gasteiger charge is -2.29. The summed E-state index contributed by atoms with van der Waals surface area (Å²) in [6, 6.07) is 15.9. The van der Waals surface area contributed by atoms with E-state index < -0.39 is 0 Å². The van der Waals surface area contributed by atoms with Gasteiger partial charge in [0, 0.05) is 42.8 Å². The Morgan fingerprint density at radius 2 is 1.97 bits per heavy atom. The number of carbonyl (C=O) groups excluding carboxylic acids is 1. The quantitative estimate of drug-likeness (QED) is 0.564. The normalized spacial score (nSPS) is 13.8. The first-order chi connectivity index (χ1) is 15.7. The Balaban J connectivity index is 1.29. The standard InChI is InChI=1S/C25H24FN3O3/c26-23-16-21(6-9-24(23)29-12-14-31-15-13-29)28-25(30)10-5-19-3-7-22(8-4-19)32-18-20-2-1-11-27-17-20/h1-11,16-17H,12-15,18H2,(H,28,30)/b10-5+. The largest absolute Gasteiger partial charge is 0.489 e. The van der Waals surface area contributed by atoms with Crippen LogP contribution in [0.4, 0.5) is 15.8 Å². The molecule has 1 fully saturated rings. The molecule has 1 N–H and O–H groups in total. The summed E-state index contributed by atoms with van der Waals surface area (Å²) >= 11 is 0. The van der Waals surface area contributed by atoms with Crippen molar-refractivity contribution in [3.05, 3.63) is 90.0 Å². The number of amides is 1. The summed E-state index contributed by atoms with van der Waals surface area (Å²) in [5.41, 5.74) is 2.77. The summed E-state index contributed by atoms with van der Waals surface area (Å²) < 4.78 is 25.5. The maximum absolute atomic E-state index is 14.5. The summed E-state index contributed by atoms with van der Waals surface area (Å²) in [6.07, 6.45) is 6.59. The first-order valence-corrected chi connectivity index (χ1v) is 10.4. The lowest BCUT2D eigenvalue weighted by molar-refractivity contribution is -0.111. The summed E-state index contributed by atoms with van der Waals surface area (Å²) in [4.78, 5) is 18.2. The van der Waals surface area contributed by atoms with Crippen LogP contribution >= 0.6 is 0 Å². The molecule has 32 heavy (non-hydrogen) atoms. The number of pyridine rings is 1. The Labute approximate surface area is 186 Å². The molecule has 164 valence electrons. The molecule has 3 aromatic rings. The van der Waals surface area contributed by atoms with Crippen LogP contribution in [0.25, 0.3) is 6.08 Å². The molecule has 1 saturated heterocycles. The number of rotatable bonds is 7. The molecule has 1 aromatic heterocycles. The van der Waals surface area contributed by atoms with Gasteiger partial charge in [-0.25, -0.2) is 4.39 Å². The molecule has 7 heteroatoms. The zero-order valence-electron chi connectivity index (χ0n) is 17.5. The van der Waals surface area contributed by atoms with E-state index in [1.165, 1.54) is 12.1 Å². The van der Waals surface area contributed by atoms with E-state index in [1.54, 1.807) is 30.6 Å². The van der Waals surface area contributed by atoms with Crippen molar-refractivity contribution in [2.24, 2.45) is 0 Å². The van der Waals surface area contributed by atoms with Crippen LogP contribution in [0.2, 0.25) is 0 Å². The van der Waals surface area contributed by atoms with Gasteiger partial charge in [0.2, 0.25) is 5.91 Å². The van der Waals surface area contributed by atoms with Crippen LogP contribution < -0.4 is 15.0 Å². The highest BCUT2D eigenvalue weighted by Crippen LogP contribution is 2.24. The Morgan fingerprint density at radius 1 is 1.16 bits per heavy atom. The average Bonchev–Trinajstić information content (AvgIpc) is 2.83. The summed E-state index contributed by atoms with van der Waals surface area (Å²) in [5, 5.41) is 2.69. The van der Waals surface area contributed by atoms with Gasteiger partial charge >= 0.3 is 0 Å². The number of nitrogens with one attached hydrogen (secondary N) is 1. The van der Waals surface area contributed by atoms with Gasteiger partial charge in [-0.1, -0.05) is 18.2 Å². The maximum Gasteiger partial charge on any atom is 0.248 e. The van der Waals surface area contributed by atoms with E-state index in [4.69, 9.17) is 9.47 Å². The summed E-state index contributed by atoms with van der Waals surface area (Å²) in [6.45, 7) is 2.91. The van der Waals surface area contributed by atoms with Crippen LogP contribution in [0, 0.1) is 5.82 Å². The minimum Gasteiger partial charge on any atom is -0.489 e. The van der Waals surface area contributed by atoms with Crippen LogP contribution in [-0.4, -0.2) is 37.2 Å². The Bertz CT molecular complexity index is 1070. The van der Waals surface area contributed by atoms with Gasteiger partial charge in [0.15, 0.2) is 0 Å². The van der Waals surface area contributed by atoms with Gasteiger partial charge in [-0.15, -0.1) is 0 Å². The number of hydrogen-bond acceptors (Lipinski definition) is 5. The molecule has 0 saturated carbocycles. The second-order valence-corrected chi connectivity index (χ2v) is 7.31. The molecule has 1 aliphatic rings. The number of benzene rings is 2. The Hall–Kier alpha value is -3.71. The highest BCUT2D eigenvalue weighted by atomic mass is 19.1. The van der Waals surface area contributed by atoms with Crippen molar-refractivity contribution >= 4 is 23.4 Å². The molecule has 0 aliphatic carbocycles. The average molecular weight is 433 g/mol. The highest BCUT2D eigenvalue weighted by molar-refractivity contribution is 6.02. The van der Waals surface area contributed by atoms with Crippen molar-refractivity contribution in [2.75, 3.05) is 36.5 Å². The molecule has 1 amide bonds. The SMILES string of the molecule is O=C(/C=C/c1ccc(OCc2cccnc2)cc1)Nc1ccc(N2CCOCC2)c(F)c1. The number of halogens is 1. The number of anilines is 2. The van der Waals surface area contributed by atoms with Crippen molar-refractivity contribution in [1.29, 1.82) is 0 Å². The van der Waals surface area contributed by atoms with Gasteiger partial charge in [-0.3, -0.25) is 9.78 Å². The third kappa shape index (κ3) is 5.92. The lowest BCUT2D eigenvalue weighted by Crippen LogP contribution is -2.36. The Kier molecular flexibility index (Phi) is 7.09. The molecule has 0 atom stereocenters. The highest BCUT2D eigenvalue weighted by Gasteiger charge is 2.15. The monoisotopic (exact) mass is 433 g/mol. The second-order valence-electron chi connectivity index (χ2n) is 7.31. The summed E-state index contributed by atoms with van der Waals surface area (Å²) in [5.74, 6) is 0.0299. The van der Waals surface area contributed by atoms with Gasteiger partial charge in [0.1, 0.15) is 18.2 Å². The smallest absolute Gasteiger partial charge is 0.248 e. The molecule has 6 nitrogen and oxygen atoms in total. The van der Waals surface area contributed by atoms with Crippen LogP contribution in [0.15, 0.2) is 73.1 Å². The molecule has 2 aromatic carbocycles. The first kappa shape index (κ1) is 21.5. The molecule has 0 spiro atoms. The maximum atomic E-state index is 14.5. The van der Waals surface area contributed by atoms with Crippen molar-refractivity contribution in [2.45, 2.75) is 6.61 Å². The van der Waals surface area contributed by atoms with E-state index in [9.17, 15) is 9.18 Å². The van der Waals surface area contributed by atoms with Crippen molar-refractivity contribution < 1.29 is 18.7 Å². The van der Waals surface area contributed by atoms with E-state index in [0.717, 1.165) is 16.9 Å². The van der Waals surface area contributed by atoms with Crippen LogP contribution in [0.1, 0.15) is 11.1 Å². The van der Waals surface area contributed by atoms with E-state index >= 15 is 0 Å². The van der Waals surface area contributed by atoms with Crippen molar-refractivity contribution in [3.8, 4) is 5.75 Å². The molecule has 1 aliphatic heterocycles. The fraction of sp³-hybridized carbons (Fsp3) is 0.200. The number of nitrogens with zero attached hydrogens (tertiary/aromatic N) is 2. The molecular weight excluding hydrogens is 409 g/mol. The number of aromatic nitrogens is 1. The van der Waals surface area contributed by atoms with Crippen molar-refractivity contribution in [1.82, 2.24) is 4.98 Å². The minimum absolute atomic E-state index is 0.333. The van der Waals surface area contributed by atoms with Gasteiger partial charge < -0.3 is 19.7 Å². The van der Waals surface area contributed by atoms with E-state index in [0.29, 0.717) is 44.3 Å². The number of morpholine rings is 1. The minimum atomic E-state index is -0.365. The summed E-state index contributed by atoms with van der Waals surface area (Å²) in [7, 11) is 0. The zero-order valence-corrected chi connectivity index (χ0v) is 17.5. The Morgan fingerprint density at radius 3 is 2.69 bits per heavy atom. The number of ether oxygens (including phenoxy) is 2. The van der Waals surface area contributed by atoms with E-state index in [2.05, 4.69) is 10.3 Å². The van der Waals surface area contributed by atoms with E-state index in [-0.39, 0.29) is 11.7 Å². The third-order valence-electron chi connectivity index (χ3n) is 5.00. The topological polar surface area (TPSA) is 63.7 Å². The van der Waals surface area contributed by atoms with Gasteiger partial charge in [0.05, 0.1) is 18.9 Å². The molecule has 2 heterocycles. The lowest BCUT2D eigenvalue weighted by atomic mass is 10.2. The molecular formula is C25H24FN3O3. The molecule has 0 unspecified atom stereocenters. The van der Waals surface area contributed by atoms with Crippen LogP contribution in [0.5, 0.6) is 5.75 Å².